The third kappa shape index (κ3) is 4.28. The van der Waals surface area contributed by atoms with Gasteiger partial charge in [0.05, 0.1) is 6.54 Å². The summed E-state index contributed by atoms with van der Waals surface area (Å²) >= 11 is 0. The zero-order valence-electron chi connectivity index (χ0n) is 14.8. The molecule has 4 heteroatoms. The minimum atomic E-state index is -0.00738. The summed E-state index contributed by atoms with van der Waals surface area (Å²) in [4.78, 5) is 15.5. The van der Waals surface area contributed by atoms with Gasteiger partial charge in [0, 0.05) is 22.8 Å². The Morgan fingerprint density at radius 1 is 1.08 bits per heavy atom. The van der Waals surface area contributed by atoms with Crippen molar-refractivity contribution in [3.63, 3.8) is 0 Å². The minimum absolute atomic E-state index is 0.00738. The van der Waals surface area contributed by atoms with E-state index in [1.807, 2.05) is 36.5 Å². The number of anilines is 1. The van der Waals surface area contributed by atoms with Gasteiger partial charge in [-0.2, -0.15) is 0 Å². The number of fused-ring (bicyclic) bond motifs is 1. The van der Waals surface area contributed by atoms with Crippen molar-refractivity contribution in [3.05, 3.63) is 65.9 Å². The van der Waals surface area contributed by atoms with Crippen LogP contribution in [0.4, 0.5) is 5.69 Å². The number of hydrogen-bond acceptors (Lipinski definition) is 2. The molecule has 1 heterocycles. The molecular weight excluding hydrogens is 310 g/mol. The van der Waals surface area contributed by atoms with Gasteiger partial charge in [0.2, 0.25) is 5.91 Å². The van der Waals surface area contributed by atoms with Gasteiger partial charge in [0.1, 0.15) is 0 Å². The van der Waals surface area contributed by atoms with Gasteiger partial charge >= 0.3 is 0 Å². The Labute approximate surface area is 148 Å². The van der Waals surface area contributed by atoms with Crippen molar-refractivity contribution in [1.29, 1.82) is 0 Å². The highest BCUT2D eigenvalue weighted by molar-refractivity contribution is 5.93. The molecule has 3 aromatic rings. The van der Waals surface area contributed by atoms with Gasteiger partial charge in [-0.25, -0.2) is 0 Å². The van der Waals surface area contributed by atoms with Crippen LogP contribution in [-0.4, -0.2) is 24.0 Å². The molecule has 25 heavy (non-hydrogen) atoms. The number of aromatic nitrogens is 1. The number of rotatable bonds is 7. The number of para-hydroxylation sites is 2. The van der Waals surface area contributed by atoms with Gasteiger partial charge < -0.3 is 15.6 Å². The lowest BCUT2D eigenvalue weighted by Crippen LogP contribution is -2.29. The van der Waals surface area contributed by atoms with Crippen LogP contribution >= 0.6 is 0 Å². The first-order valence-corrected chi connectivity index (χ1v) is 8.79. The van der Waals surface area contributed by atoms with E-state index in [-0.39, 0.29) is 5.91 Å². The second-order valence-electron chi connectivity index (χ2n) is 6.58. The quantitative estimate of drug-likeness (QED) is 0.570. The van der Waals surface area contributed by atoms with E-state index < -0.39 is 0 Å². The van der Waals surface area contributed by atoms with Gasteiger partial charge in [-0.3, -0.25) is 4.79 Å². The van der Waals surface area contributed by atoms with Crippen LogP contribution < -0.4 is 10.6 Å². The highest BCUT2D eigenvalue weighted by Crippen LogP contribution is 2.23. The number of H-pyrrole nitrogens is 1. The summed E-state index contributed by atoms with van der Waals surface area (Å²) in [5.74, 6) is 0.373. The largest absolute Gasteiger partial charge is 0.361 e. The van der Waals surface area contributed by atoms with E-state index in [0.29, 0.717) is 12.5 Å². The summed E-state index contributed by atoms with van der Waals surface area (Å²) in [6, 6.07) is 16.2. The Morgan fingerprint density at radius 2 is 1.84 bits per heavy atom. The fourth-order valence-electron chi connectivity index (χ4n) is 3.07. The first-order valence-electron chi connectivity index (χ1n) is 8.79. The zero-order valence-corrected chi connectivity index (χ0v) is 14.8. The second-order valence-corrected chi connectivity index (χ2v) is 6.58. The Bertz CT molecular complexity index is 851. The van der Waals surface area contributed by atoms with Crippen LogP contribution in [0.3, 0.4) is 0 Å². The maximum Gasteiger partial charge on any atom is 0.238 e. The molecule has 0 atom stereocenters. The van der Waals surface area contributed by atoms with Crippen LogP contribution in [0.15, 0.2) is 54.7 Å². The molecular formula is C21H25N3O. The third-order valence-electron chi connectivity index (χ3n) is 4.39. The molecule has 130 valence electrons. The van der Waals surface area contributed by atoms with Crippen LogP contribution in [0.2, 0.25) is 0 Å². The van der Waals surface area contributed by atoms with E-state index in [4.69, 9.17) is 0 Å². The lowest BCUT2D eigenvalue weighted by molar-refractivity contribution is -0.115. The molecule has 0 unspecified atom stereocenters. The van der Waals surface area contributed by atoms with Crippen molar-refractivity contribution in [3.8, 4) is 0 Å². The van der Waals surface area contributed by atoms with Crippen LogP contribution in [0.1, 0.15) is 30.9 Å². The molecule has 4 nitrogen and oxygen atoms in total. The number of carbonyl (C=O) groups is 1. The predicted octanol–water partition coefficient (Wildman–Crippen LogP) is 4.06. The summed E-state index contributed by atoms with van der Waals surface area (Å²) in [6.45, 7) is 5.34. The summed E-state index contributed by atoms with van der Waals surface area (Å²) < 4.78 is 0. The number of aromatic amines is 1. The van der Waals surface area contributed by atoms with Crippen LogP contribution in [0.25, 0.3) is 10.9 Å². The molecule has 0 bridgehead atoms. The molecule has 0 aliphatic heterocycles. The van der Waals surface area contributed by atoms with E-state index in [0.717, 1.165) is 29.7 Å². The van der Waals surface area contributed by atoms with E-state index >= 15 is 0 Å². The van der Waals surface area contributed by atoms with E-state index in [1.54, 1.807) is 0 Å². The Hall–Kier alpha value is -2.59. The molecule has 2 aromatic carbocycles. The topological polar surface area (TPSA) is 56.9 Å². The molecule has 3 rings (SSSR count). The van der Waals surface area contributed by atoms with Crippen LogP contribution in [-0.2, 0) is 11.2 Å². The van der Waals surface area contributed by atoms with Crippen molar-refractivity contribution in [2.45, 2.75) is 26.2 Å². The molecule has 3 N–H and O–H groups in total. The van der Waals surface area contributed by atoms with E-state index in [2.05, 4.69) is 47.7 Å². The summed E-state index contributed by atoms with van der Waals surface area (Å²) in [5, 5.41) is 7.49. The maximum atomic E-state index is 12.2. The normalized spacial score (nSPS) is 11.2. The SMILES string of the molecule is CC(C)c1ccccc1NC(=O)CNCCc1c[nH]c2ccccc12. The Morgan fingerprint density at radius 3 is 2.68 bits per heavy atom. The van der Waals surface area contributed by atoms with Gasteiger partial charge in [-0.1, -0.05) is 50.2 Å². The fourth-order valence-corrected chi connectivity index (χ4v) is 3.07. The highest BCUT2D eigenvalue weighted by Gasteiger charge is 2.09. The average molecular weight is 335 g/mol. The van der Waals surface area contributed by atoms with Gasteiger partial charge in [-0.15, -0.1) is 0 Å². The molecule has 0 saturated heterocycles. The number of nitrogens with one attached hydrogen (secondary N) is 3. The highest BCUT2D eigenvalue weighted by atomic mass is 16.1. The summed E-state index contributed by atoms with van der Waals surface area (Å²) in [5.41, 5.74) is 4.49. The van der Waals surface area contributed by atoms with Crippen LogP contribution in [0, 0.1) is 0 Å². The van der Waals surface area contributed by atoms with Crippen molar-refractivity contribution in [1.82, 2.24) is 10.3 Å². The van der Waals surface area contributed by atoms with Gasteiger partial charge in [-0.05, 0) is 42.1 Å². The molecule has 1 aromatic heterocycles. The molecule has 0 spiro atoms. The Kier molecular flexibility index (Phi) is 5.51. The third-order valence-corrected chi connectivity index (χ3v) is 4.39. The smallest absolute Gasteiger partial charge is 0.238 e. The van der Waals surface area contributed by atoms with Crippen molar-refractivity contribution < 1.29 is 4.79 Å². The second kappa shape index (κ2) is 7.99. The molecule has 0 aliphatic rings. The standard InChI is InChI=1S/C21H25N3O/c1-15(2)17-7-3-6-10-20(17)24-21(25)14-22-12-11-16-13-23-19-9-5-4-8-18(16)19/h3-10,13,15,22-23H,11-12,14H2,1-2H3,(H,24,25). The van der Waals surface area contributed by atoms with Crippen molar-refractivity contribution in [2.24, 2.45) is 0 Å². The maximum absolute atomic E-state index is 12.2. The molecule has 0 radical (unpaired) electrons. The first-order chi connectivity index (χ1) is 12.1. The molecule has 0 aliphatic carbocycles. The van der Waals surface area contributed by atoms with Crippen molar-refractivity contribution in [2.75, 3.05) is 18.4 Å². The summed E-state index contributed by atoms with van der Waals surface area (Å²) in [6.07, 6.45) is 2.94. The number of benzene rings is 2. The van der Waals surface area contributed by atoms with Crippen molar-refractivity contribution >= 4 is 22.5 Å². The van der Waals surface area contributed by atoms with Gasteiger partial charge in [0.15, 0.2) is 0 Å². The molecule has 1 amide bonds. The fraction of sp³-hybridized carbons (Fsp3) is 0.286. The monoisotopic (exact) mass is 335 g/mol. The van der Waals surface area contributed by atoms with E-state index in [1.165, 1.54) is 10.9 Å². The lowest BCUT2D eigenvalue weighted by Gasteiger charge is -2.13. The van der Waals surface area contributed by atoms with Crippen LogP contribution in [0.5, 0.6) is 0 Å². The zero-order chi connectivity index (χ0) is 17.6. The number of carbonyl (C=O) groups excluding carboxylic acids is 1. The minimum Gasteiger partial charge on any atom is -0.361 e. The first kappa shape index (κ1) is 17.2. The number of hydrogen-bond donors (Lipinski definition) is 3. The average Bonchev–Trinajstić information content (AvgIpc) is 3.02. The molecule has 0 saturated carbocycles. The summed E-state index contributed by atoms with van der Waals surface area (Å²) in [7, 11) is 0. The predicted molar refractivity (Wildman–Crippen MR) is 104 cm³/mol. The molecule has 0 fully saturated rings. The lowest BCUT2D eigenvalue weighted by atomic mass is 10.0. The van der Waals surface area contributed by atoms with Gasteiger partial charge in [0.25, 0.3) is 0 Å². The van der Waals surface area contributed by atoms with E-state index in [9.17, 15) is 4.79 Å². The number of amides is 1. The Balaban J connectivity index is 1.49.